The molecule has 1 heterocycles. The second-order valence-electron chi connectivity index (χ2n) is 5.00. The minimum Gasteiger partial charge on any atom is -0.355 e. The quantitative estimate of drug-likeness (QED) is 0.570. The number of pyridine rings is 1. The summed E-state index contributed by atoms with van der Waals surface area (Å²) < 4.78 is 0. The van der Waals surface area contributed by atoms with Crippen LogP contribution in [-0.4, -0.2) is 9.91 Å². The summed E-state index contributed by atoms with van der Waals surface area (Å²) in [5.41, 5.74) is 3.76. The first-order valence-electron chi connectivity index (χ1n) is 7.06. The number of anilines is 2. The second-order valence-corrected chi connectivity index (χ2v) is 5.00. The van der Waals surface area contributed by atoms with E-state index in [1.54, 1.807) is 12.3 Å². The monoisotopic (exact) mass is 293 g/mol. The highest BCUT2D eigenvalue weighted by molar-refractivity contribution is 5.93. The third-order valence-corrected chi connectivity index (χ3v) is 3.55. The lowest BCUT2D eigenvalue weighted by Gasteiger charge is -2.10. The average Bonchev–Trinajstić information content (AvgIpc) is 2.55. The molecule has 5 nitrogen and oxygen atoms in total. The maximum atomic E-state index is 10.9. The molecular weight excluding hydrogens is 278 g/mol. The molecule has 0 bridgehead atoms. The molecule has 5 heteroatoms. The van der Waals surface area contributed by atoms with Crippen molar-refractivity contribution in [2.24, 2.45) is 0 Å². The fourth-order valence-electron chi connectivity index (χ4n) is 2.38. The Kier molecular flexibility index (Phi) is 3.70. The highest BCUT2D eigenvalue weighted by Crippen LogP contribution is 2.27. The minimum atomic E-state index is -0.398. The Labute approximate surface area is 127 Å². The molecule has 0 fully saturated rings. The normalized spacial score (nSPS) is 10.6. The molecule has 0 spiro atoms. The molecule has 2 aromatic carbocycles. The van der Waals surface area contributed by atoms with Crippen molar-refractivity contribution < 1.29 is 4.92 Å². The van der Waals surface area contributed by atoms with Gasteiger partial charge in [0, 0.05) is 35.1 Å². The molecule has 0 saturated carbocycles. The molecule has 1 N–H and O–H groups in total. The summed E-state index contributed by atoms with van der Waals surface area (Å²) >= 11 is 0. The van der Waals surface area contributed by atoms with Crippen LogP contribution in [0.3, 0.4) is 0 Å². The SMILES string of the molecule is CCc1ccc2nccc(Nc3cccc([N+](=O)[O-])c3)c2c1. The van der Waals surface area contributed by atoms with Crippen molar-refractivity contribution in [1.82, 2.24) is 4.98 Å². The van der Waals surface area contributed by atoms with Crippen LogP contribution in [0.1, 0.15) is 12.5 Å². The van der Waals surface area contributed by atoms with Gasteiger partial charge in [-0.3, -0.25) is 15.1 Å². The van der Waals surface area contributed by atoms with Gasteiger partial charge in [-0.1, -0.05) is 19.1 Å². The predicted molar refractivity (Wildman–Crippen MR) is 87.5 cm³/mol. The second kappa shape index (κ2) is 5.81. The summed E-state index contributed by atoms with van der Waals surface area (Å²) in [5, 5.41) is 15.1. The lowest BCUT2D eigenvalue weighted by atomic mass is 10.1. The molecule has 0 saturated heterocycles. The Morgan fingerprint density at radius 3 is 2.82 bits per heavy atom. The number of benzene rings is 2. The van der Waals surface area contributed by atoms with E-state index in [9.17, 15) is 10.1 Å². The summed E-state index contributed by atoms with van der Waals surface area (Å²) in [7, 11) is 0. The number of fused-ring (bicyclic) bond motifs is 1. The molecule has 0 aliphatic rings. The van der Waals surface area contributed by atoms with Crippen LogP contribution in [0.2, 0.25) is 0 Å². The molecular formula is C17H15N3O2. The zero-order valence-corrected chi connectivity index (χ0v) is 12.1. The summed E-state index contributed by atoms with van der Waals surface area (Å²) in [6.07, 6.45) is 2.68. The zero-order valence-electron chi connectivity index (χ0n) is 12.1. The van der Waals surface area contributed by atoms with E-state index in [0.29, 0.717) is 5.69 Å². The molecule has 0 aliphatic heterocycles. The van der Waals surface area contributed by atoms with Crippen molar-refractivity contribution >= 4 is 28.0 Å². The van der Waals surface area contributed by atoms with E-state index >= 15 is 0 Å². The van der Waals surface area contributed by atoms with Crippen LogP contribution in [0.5, 0.6) is 0 Å². The number of aromatic nitrogens is 1. The first kappa shape index (κ1) is 14.0. The van der Waals surface area contributed by atoms with Crippen LogP contribution in [0, 0.1) is 10.1 Å². The number of rotatable bonds is 4. The van der Waals surface area contributed by atoms with Crippen molar-refractivity contribution in [2.75, 3.05) is 5.32 Å². The number of hydrogen-bond acceptors (Lipinski definition) is 4. The van der Waals surface area contributed by atoms with Gasteiger partial charge in [0.25, 0.3) is 5.69 Å². The smallest absolute Gasteiger partial charge is 0.271 e. The maximum Gasteiger partial charge on any atom is 0.271 e. The van der Waals surface area contributed by atoms with E-state index in [0.717, 1.165) is 23.0 Å². The summed E-state index contributed by atoms with van der Waals surface area (Å²) in [6.45, 7) is 2.10. The molecule has 0 unspecified atom stereocenters. The Morgan fingerprint density at radius 1 is 1.18 bits per heavy atom. The molecule has 3 aromatic rings. The van der Waals surface area contributed by atoms with Gasteiger partial charge in [0.05, 0.1) is 10.4 Å². The van der Waals surface area contributed by atoms with Crippen LogP contribution in [0.15, 0.2) is 54.7 Å². The van der Waals surface area contributed by atoms with Crippen molar-refractivity contribution in [1.29, 1.82) is 0 Å². The van der Waals surface area contributed by atoms with Crippen molar-refractivity contribution in [3.63, 3.8) is 0 Å². The number of nitrogens with one attached hydrogen (secondary N) is 1. The van der Waals surface area contributed by atoms with Gasteiger partial charge in [0.15, 0.2) is 0 Å². The fourth-order valence-corrected chi connectivity index (χ4v) is 2.38. The number of nitro groups is 1. The van der Waals surface area contributed by atoms with E-state index in [2.05, 4.69) is 29.4 Å². The lowest BCUT2D eigenvalue weighted by Crippen LogP contribution is -1.95. The number of nitrogens with zero attached hydrogens (tertiary/aromatic N) is 2. The summed E-state index contributed by atoms with van der Waals surface area (Å²) in [4.78, 5) is 14.8. The highest BCUT2D eigenvalue weighted by Gasteiger charge is 2.08. The molecule has 0 radical (unpaired) electrons. The van der Waals surface area contributed by atoms with Crippen LogP contribution in [0.25, 0.3) is 10.9 Å². The molecule has 0 atom stereocenters. The number of nitro benzene ring substituents is 1. The minimum absolute atomic E-state index is 0.0672. The number of non-ortho nitro benzene ring substituents is 1. The zero-order chi connectivity index (χ0) is 15.5. The Bertz CT molecular complexity index is 846. The standard InChI is InChI=1S/C17H15N3O2/c1-2-12-6-7-16-15(10-12)17(8-9-18-16)19-13-4-3-5-14(11-13)20(21)22/h3-11H,2H2,1H3,(H,18,19). The number of hydrogen-bond donors (Lipinski definition) is 1. The first-order chi connectivity index (χ1) is 10.7. The summed E-state index contributed by atoms with van der Waals surface area (Å²) in [6, 6.07) is 14.5. The molecule has 0 amide bonds. The van der Waals surface area contributed by atoms with Crippen LogP contribution >= 0.6 is 0 Å². The van der Waals surface area contributed by atoms with Gasteiger partial charge >= 0.3 is 0 Å². The number of aryl methyl sites for hydroxylation is 1. The van der Waals surface area contributed by atoms with Gasteiger partial charge < -0.3 is 5.32 Å². The van der Waals surface area contributed by atoms with E-state index in [1.165, 1.54) is 17.7 Å². The lowest BCUT2D eigenvalue weighted by molar-refractivity contribution is -0.384. The van der Waals surface area contributed by atoms with E-state index in [4.69, 9.17) is 0 Å². The summed E-state index contributed by atoms with van der Waals surface area (Å²) in [5.74, 6) is 0. The third-order valence-electron chi connectivity index (χ3n) is 3.55. The van der Waals surface area contributed by atoms with Gasteiger partial charge in [0.2, 0.25) is 0 Å². The van der Waals surface area contributed by atoms with Crippen LogP contribution in [-0.2, 0) is 6.42 Å². The van der Waals surface area contributed by atoms with Crippen molar-refractivity contribution in [2.45, 2.75) is 13.3 Å². The van der Waals surface area contributed by atoms with E-state index in [1.807, 2.05) is 18.2 Å². The Morgan fingerprint density at radius 2 is 2.05 bits per heavy atom. The fraction of sp³-hybridized carbons (Fsp3) is 0.118. The molecule has 0 aliphatic carbocycles. The predicted octanol–water partition coefficient (Wildman–Crippen LogP) is 4.45. The average molecular weight is 293 g/mol. The van der Waals surface area contributed by atoms with Crippen molar-refractivity contribution in [3.05, 3.63) is 70.4 Å². The highest BCUT2D eigenvalue weighted by atomic mass is 16.6. The molecule has 22 heavy (non-hydrogen) atoms. The van der Waals surface area contributed by atoms with Crippen LogP contribution < -0.4 is 5.32 Å². The first-order valence-corrected chi connectivity index (χ1v) is 7.06. The van der Waals surface area contributed by atoms with Gasteiger partial charge in [-0.05, 0) is 36.2 Å². The van der Waals surface area contributed by atoms with Gasteiger partial charge in [-0.25, -0.2) is 0 Å². The van der Waals surface area contributed by atoms with Gasteiger partial charge in [-0.15, -0.1) is 0 Å². The topological polar surface area (TPSA) is 68.1 Å². The van der Waals surface area contributed by atoms with Crippen LogP contribution in [0.4, 0.5) is 17.1 Å². The van der Waals surface area contributed by atoms with Gasteiger partial charge in [-0.2, -0.15) is 0 Å². The van der Waals surface area contributed by atoms with Gasteiger partial charge in [0.1, 0.15) is 0 Å². The largest absolute Gasteiger partial charge is 0.355 e. The molecule has 1 aromatic heterocycles. The third kappa shape index (κ3) is 2.74. The maximum absolute atomic E-state index is 10.9. The van der Waals surface area contributed by atoms with E-state index < -0.39 is 4.92 Å². The Hall–Kier alpha value is -2.95. The Balaban J connectivity index is 2.03. The molecule has 110 valence electrons. The molecule has 3 rings (SSSR count). The van der Waals surface area contributed by atoms with Crippen molar-refractivity contribution in [3.8, 4) is 0 Å². The van der Waals surface area contributed by atoms with E-state index in [-0.39, 0.29) is 5.69 Å².